The van der Waals surface area contributed by atoms with E-state index < -0.39 is 0 Å². The first-order valence-corrected chi connectivity index (χ1v) is 10.7. The molecule has 0 N–H and O–H groups in total. The Bertz CT molecular complexity index is 891. The molecule has 0 atom stereocenters. The summed E-state index contributed by atoms with van der Waals surface area (Å²) >= 11 is 13.1. The molecule has 0 spiro atoms. The highest BCUT2D eigenvalue weighted by Crippen LogP contribution is 2.34. The Morgan fingerprint density at radius 2 is 1.29 bits per heavy atom. The third kappa shape index (κ3) is 4.35. The number of rotatable bonds is 6. The Hall–Kier alpha value is -2.00. The monoisotopic (exact) mass is 444 g/mol. The van der Waals surface area contributed by atoms with E-state index in [1.54, 1.807) is 12.2 Å². The minimum Gasteiger partial charge on any atom is -0.289 e. The van der Waals surface area contributed by atoms with Crippen LogP contribution in [0.25, 0.3) is 12.2 Å². The van der Waals surface area contributed by atoms with E-state index in [0.717, 1.165) is 11.1 Å². The fourth-order valence-corrected chi connectivity index (χ4v) is 5.16. The van der Waals surface area contributed by atoms with Crippen molar-refractivity contribution in [1.29, 1.82) is 0 Å². The van der Waals surface area contributed by atoms with Gasteiger partial charge < -0.3 is 0 Å². The van der Waals surface area contributed by atoms with Crippen molar-refractivity contribution in [1.82, 2.24) is 9.80 Å². The zero-order chi connectivity index (χ0) is 20.3. The van der Waals surface area contributed by atoms with Crippen molar-refractivity contribution in [2.75, 3.05) is 13.1 Å². The normalized spacial score (nSPS) is 20.0. The SMILES string of the molecule is C=CCN1C(=O)/C(=C\c2cccc(/C=C3/SC(=S)N(CC=C)C3=O)c2)SC1=S. The van der Waals surface area contributed by atoms with Crippen molar-refractivity contribution in [3.05, 3.63) is 70.5 Å². The first-order valence-electron chi connectivity index (χ1n) is 8.27. The average molecular weight is 445 g/mol. The minimum atomic E-state index is -0.120. The quantitative estimate of drug-likeness (QED) is 0.367. The van der Waals surface area contributed by atoms with Gasteiger partial charge in [0.15, 0.2) is 0 Å². The summed E-state index contributed by atoms with van der Waals surface area (Å²) in [5, 5.41) is 0. The number of carbonyl (C=O) groups is 2. The highest BCUT2D eigenvalue weighted by atomic mass is 32.2. The molecule has 0 radical (unpaired) electrons. The smallest absolute Gasteiger partial charge is 0.266 e. The van der Waals surface area contributed by atoms with Gasteiger partial charge in [-0.2, -0.15) is 0 Å². The molecule has 142 valence electrons. The van der Waals surface area contributed by atoms with Gasteiger partial charge in [0, 0.05) is 13.1 Å². The van der Waals surface area contributed by atoms with Gasteiger partial charge in [0.25, 0.3) is 11.8 Å². The van der Waals surface area contributed by atoms with Crippen LogP contribution in [0.5, 0.6) is 0 Å². The second-order valence-corrected chi connectivity index (χ2v) is 9.18. The van der Waals surface area contributed by atoms with E-state index >= 15 is 0 Å². The standard InChI is InChI=1S/C20H16N2O2S4/c1-3-8-21-17(23)15(27-19(21)25)11-13-6-5-7-14(10-13)12-16-18(24)22(9-4-2)20(26)28-16/h3-7,10-12H,1-2,8-9H2/b15-11+,16-12+. The summed E-state index contributed by atoms with van der Waals surface area (Å²) in [4.78, 5) is 29.1. The van der Waals surface area contributed by atoms with E-state index in [9.17, 15) is 9.59 Å². The lowest BCUT2D eigenvalue weighted by atomic mass is 10.1. The average Bonchev–Trinajstić information content (AvgIpc) is 3.07. The van der Waals surface area contributed by atoms with Gasteiger partial charge in [0.1, 0.15) is 8.64 Å². The van der Waals surface area contributed by atoms with Crippen molar-refractivity contribution < 1.29 is 9.59 Å². The molecule has 2 fully saturated rings. The van der Waals surface area contributed by atoms with Crippen LogP contribution >= 0.6 is 48.0 Å². The van der Waals surface area contributed by atoms with Crippen LogP contribution in [0.1, 0.15) is 11.1 Å². The largest absolute Gasteiger partial charge is 0.289 e. The molecule has 2 aliphatic rings. The number of hydrogen-bond acceptors (Lipinski definition) is 6. The first-order chi connectivity index (χ1) is 13.4. The molecule has 1 aromatic carbocycles. The van der Waals surface area contributed by atoms with Crippen LogP contribution in [0.4, 0.5) is 0 Å². The number of benzene rings is 1. The number of thioether (sulfide) groups is 2. The molecule has 0 aromatic heterocycles. The molecule has 28 heavy (non-hydrogen) atoms. The Balaban J connectivity index is 1.84. The highest BCUT2D eigenvalue weighted by molar-refractivity contribution is 8.27. The molecule has 0 bridgehead atoms. The van der Waals surface area contributed by atoms with E-state index in [1.165, 1.54) is 33.3 Å². The molecule has 2 amide bonds. The summed E-state index contributed by atoms with van der Waals surface area (Å²) in [6.45, 7) is 8.10. The van der Waals surface area contributed by atoms with E-state index in [-0.39, 0.29) is 11.8 Å². The lowest BCUT2D eigenvalue weighted by Crippen LogP contribution is -2.27. The van der Waals surface area contributed by atoms with Crippen LogP contribution in [-0.2, 0) is 9.59 Å². The lowest BCUT2D eigenvalue weighted by molar-refractivity contribution is -0.122. The van der Waals surface area contributed by atoms with Crippen LogP contribution in [0, 0.1) is 0 Å². The maximum Gasteiger partial charge on any atom is 0.266 e. The van der Waals surface area contributed by atoms with Crippen molar-refractivity contribution in [3.8, 4) is 0 Å². The summed E-state index contributed by atoms with van der Waals surface area (Å²) in [5.74, 6) is -0.240. The molecule has 2 saturated heterocycles. The van der Waals surface area contributed by atoms with Gasteiger partial charge in [-0.3, -0.25) is 19.4 Å². The Labute approximate surface area is 183 Å². The van der Waals surface area contributed by atoms with Crippen LogP contribution in [-0.4, -0.2) is 43.3 Å². The molecule has 0 saturated carbocycles. The Morgan fingerprint density at radius 3 is 1.68 bits per heavy atom. The zero-order valence-electron chi connectivity index (χ0n) is 14.8. The summed E-state index contributed by atoms with van der Waals surface area (Å²) in [7, 11) is 0. The lowest BCUT2D eigenvalue weighted by Gasteiger charge is -2.10. The predicted octanol–water partition coefficient (Wildman–Crippen LogP) is 4.46. The van der Waals surface area contributed by atoms with Crippen molar-refractivity contribution >= 4 is 80.6 Å². The maximum atomic E-state index is 12.5. The van der Waals surface area contributed by atoms with Crippen LogP contribution in [0.2, 0.25) is 0 Å². The van der Waals surface area contributed by atoms with Gasteiger partial charge in [-0.25, -0.2) is 0 Å². The number of hydrogen-bond donors (Lipinski definition) is 0. The fraction of sp³-hybridized carbons (Fsp3) is 0.100. The van der Waals surface area contributed by atoms with Gasteiger partial charge in [-0.15, -0.1) is 13.2 Å². The maximum absolute atomic E-state index is 12.5. The molecular weight excluding hydrogens is 429 g/mol. The number of amides is 2. The number of thiocarbonyl (C=S) groups is 2. The second-order valence-electron chi connectivity index (χ2n) is 5.83. The van der Waals surface area contributed by atoms with Gasteiger partial charge in [-0.1, -0.05) is 78.3 Å². The van der Waals surface area contributed by atoms with Crippen molar-refractivity contribution in [2.24, 2.45) is 0 Å². The minimum absolute atomic E-state index is 0.120. The molecule has 0 unspecified atom stereocenters. The summed E-state index contributed by atoms with van der Waals surface area (Å²) < 4.78 is 1.05. The van der Waals surface area contributed by atoms with Crippen molar-refractivity contribution in [2.45, 2.75) is 0 Å². The topological polar surface area (TPSA) is 40.6 Å². The predicted molar refractivity (Wildman–Crippen MR) is 127 cm³/mol. The highest BCUT2D eigenvalue weighted by Gasteiger charge is 2.32. The molecule has 1 aromatic rings. The fourth-order valence-electron chi connectivity index (χ4n) is 2.61. The Kier molecular flexibility index (Phi) is 6.66. The number of carbonyl (C=O) groups excluding carboxylic acids is 2. The molecule has 0 aliphatic carbocycles. The van der Waals surface area contributed by atoms with Gasteiger partial charge in [-0.05, 0) is 29.3 Å². The summed E-state index contributed by atoms with van der Waals surface area (Å²) in [6.07, 6.45) is 6.92. The third-order valence-electron chi connectivity index (χ3n) is 3.88. The summed E-state index contributed by atoms with van der Waals surface area (Å²) in [6, 6.07) is 7.60. The van der Waals surface area contributed by atoms with E-state index in [4.69, 9.17) is 24.4 Å². The zero-order valence-corrected chi connectivity index (χ0v) is 18.1. The summed E-state index contributed by atoms with van der Waals surface area (Å²) in [5.41, 5.74) is 1.71. The second kappa shape index (κ2) is 9.00. The van der Waals surface area contributed by atoms with Crippen LogP contribution in [0.3, 0.4) is 0 Å². The van der Waals surface area contributed by atoms with Crippen LogP contribution in [0.15, 0.2) is 59.4 Å². The molecule has 2 aliphatic heterocycles. The van der Waals surface area contributed by atoms with Crippen molar-refractivity contribution in [3.63, 3.8) is 0 Å². The molecule has 4 nitrogen and oxygen atoms in total. The Morgan fingerprint density at radius 1 is 0.857 bits per heavy atom. The van der Waals surface area contributed by atoms with E-state index in [1.807, 2.05) is 36.4 Å². The van der Waals surface area contributed by atoms with Crippen LogP contribution < -0.4 is 0 Å². The molecule has 8 heteroatoms. The van der Waals surface area contributed by atoms with E-state index in [0.29, 0.717) is 31.5 Å². The number of nitrogens with zero attached hydrogens (tertiary/aromatic N) is 2. The van der Waals surface area contributed by atoms with Gasteiger partial charge in [0.2, 0.25) is 0 Å². The van der Waals surface area contributed by atoms with E-state index in [2.05, 4.69) is 13.2 Å². The molecule has 2 heterocycles. The first kappa shape index (κ1) is 20.7. The molecule has 3 rings (SSSR count). The molecular formula is C20H16N2O2S4. The third-order valence-corrected chi connectivity index (χ3v) is 6.63. The van der Waals surface area contributed by atoms with Gasteiger partial charge in [0.05, 0.1) is 9.81 Å². The van der Waals surface area contributed by atoms with Gasteiger partial charge >= 0.3 is 0 Å².